The molecule has 2 aliphatic heterocycles. The maximum atomic E-state index is 3.79. The van der Waals surface area contributed by atoms with E-state index in [4.69, 9.17) is 0 Å². The number of hydrogen-bond acceptors (Lipinski definition) is 6. The average molecular weight is 467 g/mol. The molecule has 6 N–H and O–H groups in total. The second-order valence-electron chi connectivity index (χ2n) is 13.5. The van der Waals surface area contributed by atoms with E-state index in [-0.39, 0.29) is 22.2 Å². The van der Waals surface area contributed by atoms with Gasteiger partial charge in [-0.15, -0.1) is 0 Å². The van der Waals surface area contributed by atoms with Crippen molar-refractivity contribution in [3.05, 3.63) is 0 Å². The molecule has 0 aromatic heterocycles. The Morgan fingerprint density at radius 3 is 1.06 bits per heavy atom. The minimum Gasteiger partial charge on any atom is -0.317 e. The number of nitrogens with one attached hydrogen (secondary N) is 6. The molecule has 0 saturated carbocycles. The van der Waals surface area contributed by atoms with Crippen LogP contribution in [-0.2, 0) is 0 Å². The lowest BCUT2D eigenvalue weighted by Crippen LogP contribution is -2.61. The third-order valence-electron chi connectivity index (χ3n) is 7.01. The molecule has 0 aromatic rings. The van der Waals surface area contributed by atoms with Gasteiger partial charge in [0.1, 0.15) is 0 Å². The van der Waals surface area contributed by atoms with E-state index in [2.05, 4.69) is 87.3 Å². The van der Waals surface area contributed by atoms with Crippen molar-refractivity contribution >= 4 is 0 Å². The summed E-state index contributed by atoms with van der Waals surface area (Å²) in [6, 6.07) is 1.25. The molecular weight excluding hydrogens is 408 g/mol. The van der Waals surface area contributed by atoms with Crippen LogP contribution in [0.2, 0.25) is 0 Å². The van der Waals surface area contributed by atoms with Gasteiger partial charge in [-0.25, -0.2) is 0 Å². The van der Waals surface area contributed by atoms with Crippen LogP contribution in [0.15, 0.2) is 0 Å². The third-order valence-corrected chi connectivity index (χ3v) is 7.01. The topological polar surface area (TPSA) is 72.2 Å². The van der Waals surface area contributed by atoms with Crippen LogP contribution >= 0.6 is 0 Å². The van der Waals surface area contributed by atoms with Crippen molar-refractivity contribution in [2.24, 2.45) is 0 Å². The Hall–Kier alpha value is -0.240. The van der Waals surface area contributed by atoms with E-state index in [1.54, 1.807) is 0 Å². The fraction of sp³-hybridized carbons (Fsp3) is 1.00. The summed E-state index contributed by atoms with van der Waals surface area (Å²) >= 11 is 0. The van der Waals surface area contributed by atoms with Gasteiger partial charge in [-0.3, -0.25) is 0 Å². The van der Waals surface area contributed by atoms with Gasteiger partial charge < -0.3 is 31.9 Å². The van der Waals surface area contributed by atoms with Crippen molar-refractivity contribution in [2.45, 2.75) is 135 Å². The highest BCUT2D eigenvalue weighted by Crippen LogP contribution is 2.29. The summed E-state index contributed by atoms with van der Waals surface area (Å²) in [7, 11) is 0. The number of hydrogen-bond donors (Lipinski definition) is 6. The van der Waals surface area contributed by atoms with Crippen molar-refractivity contribution in [2.75, 3.05) is 39.3 Å². The molecule has 0 amide bonds. The molecule has 6 nitrogen and oxygen atoms in total. The highest BCUT2D eigenvalue weighted by Gasteiger charge is 2.38. The van der Waals surface area contributed by atoms with Gasteiger partial charge in [0.05, 0.1) is 0 Å². The molecule has 2 heterocycles. The lowest BCUT2D eigenvalue weighted by molar-refractivity contribution is 0.146. The molecule has 0 bridgehead atoms. The predicted molar refractivity (Wildman–Crippen MR) is 144 cm³/mol. The smallest absolute Gasteiger partial charge is 0.0144 e. The minimum atomic E-state index is 0.224. The summed E-state index contributed by atoms with van der Waals surface area (Å²) in [4.78, 5) is 0. The Labute approximate surface area is 206 Å². The zero-order chi connectivity index (χ0) is 24.6. The Balaban J connectivity index is 1.38. The van der Waals surface area contributed by atoms with Gasteiger partial charge in [-0.2, -0.15) is 0 Å². The van der Waals surface area contributed by atoms with E-state index in [1.807, 2.05) is 0 Å². The van der Waals surface area contributed by atoms with Gasteiger partial charge in [-0.05, 0) is 140 Å². The summed E-state index contributed by atoms with van der Waals surface area (Å²) in [6.45, 7) is 25.2. The summed E-state index contributed by atoms with van der Waals surface area (Å²) in [5.41, 5.74) is 0.896. The monoisotopic (exact) mass is 466 g/mol. The molecule has 2 aliphatic rings. The first-order chi connectivity index (χ1) is 15.3. The van der Waals surface area contributed by atoms with Crippen molar-refractivity contribution in [1.82, 2.24) is 31.9 Å². The average Bonchev–Trinajstić information content (AvgIpc) is 2.60. The van der Waals surface area contributed by atoms with E-state index >= 15 is 0 Å². The zero-order valence-corrected chi connectivity index (χ0v) is 23.3. The molecule has 0 aliphatic carbocycles. The van der Waals surface area contributed by atoms with E-state index in [1.165, 1.54) is 44.9 Å². The molecule has 6 heteroatoms. The molecule has 0 aromatic carbocycles. The van der Waals surface area contributed by atoms with E-state index in [0.29, 0.717) is 12.1 Å². The molecule has 0 atom stereocenters. The fourth-order valence-electron chi connectivity index (χ4n) is 6.56. The van der Waals surface area contributed by atoms with E-state index < -0.39 is 0 Å². The summed E-state index contributed by atoms with van der Waals surface area (Å²) < 4.78 is 0. The predicted octanol–water partition coefficient (Wildman–Crippen LogP) is 3.13. The lowest BCUT2D eigenvalue weighted by Gasteiger charge is -2.46. The van der Waals surface area contributed by atoms with Gasteiger partial charge in [0.25, 0.3) is 0 Å². The van der Waals surface area contributed by atoms with Crippen LogP contribution in [0.4, 0.5) is 0 Å². The van der Waals surface area contributed by atoms with Crippen LogP contribution in [0.5, 0.6) is 0 Å². The fourth-order valence-corrected chi connectivity index (χ4v) is 6.56. The molecule has 0 spiro atoms. The van der Waals surface area contributed by atoms with Crippen LogP contribution in [0.3, 0.4) is 0 Å². The zero-order valence-electron chi connectivity index (χ0n) is 23.3. The van der Waals surface area contributed by atoms with Gasteiger partial charge in [0.2, 0.25) is 0 Å². The maximum absolute atomic E-state index is 3.79. The first-order valence-electron chi connectivity index (χ1n) is 13.7. The van der Waals surface area contributed by atoms with Gasteiger partial charge in [0, 0.05) is 34.2 Å². The van der Waals surface area contributed by atoms with Crippen LogP contribution < -0.4 is 31.9 Å². The minimum absolute atomic E-state index is 0.224. The second kappa shape index (κ2) is 12.6. The Kier molecular flexibility index (Phi) is 11.1. The molecule has 33 heavy (non-hydrogen) atoms. The van der Waals surface area contributed by atoms with E-state index in [0.717, 1.165) is 39.3 Å². The number of piperidine rings is 2. The Morgan fingerprint density at radius 2 is 0.758 bits per heavy atom. The van der Waals surface area contributed by atoms with E-state index in [9.17, 15) is 0 Å². The molecule has 0 unspecified atom stereocenters. The van der Waals surface area contributed by atoms with Crippen LogP contribution in [-0.4, -0.2) is 73.5 Å². The van der Waals surface area contributed by atoms with Crippen molar-refractivity contribution in [3.8, 4) is 0 Å². The maximum Gasteiger partial charge on any atom is 0.0144 e. The molecule has 0 radical (unpaired) electrons. The first kappa shape index (κ1) is 29.0. The molecular formula is C27H58N6. The van der Waals surface area contributed by atoms with Crippen LogP contribution in [0.25, 0.3) is 0 Å². The molecule has 2 rings (SSSR count). The Bertz CT molecular complexity index is 477. The quantitative estimate of drug-likeness (QED) is 0.221. The molecule has 2 fully saturated rings. The first-order valence-corrected chi connectivity index (χ1v) is 13.7. The molecule has 2 saturated heterocycles. The van der Waals surface area contributed by atoms with Crippen molar-refractivity contribution in [1.29, 1.82) is 0 Å². The van der Waals surface area contributed by atoms with Crippen LogP contribution in [0, 0.1) is 0 Å². The molecule has 196 valence electrons. The highest BCUT2D eigenvalue weighted by molar-refractivity contribution is 5.00. The second-order valence-corrected chi connectivity index (χ2v) is 13.5. The SMILES string of the molecule is CC1(C)CC(NCCCNCCCNCCCNC2CC(C)(C)NC(C)(C)C2)CC(C)(C)N1. The largest absolute Gasteiger partial charge is 0.317 e. The highest BCUT2D eigenvalue weighted by atomic mass is 15.1. The standard InChI is InChI=1S/C27H58N6/c1-24(2)18-22(19-25(3,4)32-24)30-16-10-14-28-12-9-13-29-15-11-17-31-23-20-26(5,6)33-27(7,8)21-23/h22-23,28-33H,9-21H2,1-8H3. The summed E-state index contributed by atoms with van der Waals surface area (Å²) in [5.74, 6) is 0. The Morgan fingerprint density at radius 1 is 0.485 bits per heavy atom. The van der Waals surface area contributed by atoms with Gasteiger partial charge in [0.15, 0.2) is 0 Å². The third kappa shape index (κ3) is 12.3. The van der Waals surface area contributed by atoms with Crippen LogP contribution in [0.1, 0.15) is 100 Å². The summed E-state index contributed by atoms with van der Waals surface area (Å²) in [5, 5.41) is 22.3. The lowest BCUT2D eigenvalue weighted by atomic mass is 9.79. The van der Waals surface area contributed by atoms with Gasteiger partial charge in [-0.1, -0.05) is 0 Å². The summed E-state index contributed by atoms with van der Waals surface area (Å²) in [6.07, 6.45) is 8.44. The van der Waals surface area contributed by atoms with Gasteiger partial charge >= 0.3 is 0 Å². The number of rotatable bonds is 14. The van der Waals surface area contributed by atoms with Crippen molar-refractivity contribution < 1.29 is 0 Å². The van der Waals surface area contributed by atoms with Crippen molar-refractivity contribution in [3.63, 3.8) is 0 Å². The normalized spacial score (nSPS) is 24.7.